The second-order valence-electron chi connectivity index (χ2n) is 6.58. The molecule has 0 fully saturated rings. The Morgan fingerprint density at radius 3 is 2.80 bits per heavy atom. The first kappa shape index (κ1) is 14.5. The first-order valence-corrected chi connectivity index (χ1v) is 8.38. The molecule has 6 heteroatoms. The van der Waals surface area contributed by atoms with E-state index in [2.05, 4.69) is 16.3 Å². The molecular weight excluding hydrogens is 338 g/mol. The molecule has 0 bridgehead atoms. The molecule has 1 unspecified atom stereocenters. The van der Waals surface area contributed by atoms with Crippen molar-refractivity contribution in [1.82, 2.24) is 9.74 Å². The predicted molar refractivity (Wildman–Crippen MR) is 94.6 cm³/mol. The number of urea groups is 1. The number of rotatable bonds is 0. The third-order valence-electron chi connectivity index (χ3n) is 5.23. The zero-order chi connectivity index (χ0) is 17.3. The number of halogens is 1. The molecule has 1 atom stereocenters. The number of nitrogens with zero attached hydrogens (tertiary/aromatic N) is 2. The third-order valence-corrected chi connectivity index (χ3v) is 5.63. The number of hydrogen-bond donors (Lipinski definition) is 1. The second kappa shape index (κ2) is 4.64. The summed E-state index contributed by atoms with van der Waals surface area (Å²) in [4.78, 5) is 26.6. The average Bonchev–Trinajstić information content (AvgIpc) is 2.93. The molecule has 3 heterocycles. The Labute approximate surface area is 149 Å². The van der Waals surface area contributed by atoms with Gasteiger partial charge in [-0.15, -0.1) is 0 Å². The maximum Gasteiger partial charge on any atom is 0.338 e. The van der Waals surface area contributed by atoms with Gasteiger partial charge in [0.1, 0.15) is 0 Å². The zero-order valence-corrected chi connectivity index (χ0v) is 14.2. The van der Waals surface area contributed by atoms with Crippen molar-refractivity contribution in [3.8, 4) is 0 Å². The van der Waals surface area contributed by atoms with E-state index in [1.165, 1.54) is 0 Å². The van der Waals surface area contributed by atoms with Crippen LogP contribution >= 0.6 is 11.8 Å². The number of nitrogens with one attached hydrogen (secondary N) is 1. The van der Waals surface area contributed by atoms with Gasteiger partial charge in [-0.05, 0) is 42.4 Å². The van der Waals surface area contributed by atoms with E-state index in [1.807, 2.05) is 37.3 Å². The van der Waals surface area contributed by atoms with Crippen LogP contribution in [0.3, 0.4) is 0 Å². The van der Waals surface area contributed by atoms with Crippen molar-refractivity contribution >= 4 is 29.3 Å². The van der Waals surface area contributed by atoms with Gasteiger partial charge in [0.25, 0.3) is 0 Å². The molecule has 5 rings (SSSR count). The highest BCUT2D eigenvalue weighted by Crippen LogP contribution is 2.51. The van der Waals surface area contributed by atoms with Crippen LogP contribution in [-0.4, -0.2) is 21.9 Å². The molecule has 0 saturated heterocycles. The number of allylic oxidation sites excluding steroid dienone is 4. The maximum absolute atomic E-state index is 12.5. The van der Waals surface area contributed by atoms with Crippen LogP contribution < -0.4 is 10.2 Å². The summed E-state index contributed by atoms with van der Waals surface area (Å²) in [6, 6.07) is 7.65. The quantitative estimate of drug-likeness (QED) is 0.730. The lowest BCUT2D eigenvalue weighted by Crippen LogP contribution is -2.66. The maximum atomic E-state index is 12.5. The van der Waals surface area contributed by atoms with Crippen molar-refractivity contribution in [2.24, 2.45) is 0 Å². The van der Waals surface area contributed by atoms with Gasteiger partial charge < -0.3 is 10.2 Å². The minimum absolute atomic E-state index is 0.0584. The van der Waals surface area contributed by atoms with Gasteiger partial charge in [-0.25, -0.2) is 9.21 Å². The fraction of sp³-hybridized carbons (Fsp3) is 0.158. The lowest BCUT2D eigenvalue weighted by atomic mass is 9.84. The fourth-order valence-corrected chi connectivity index (χ4v) is 4.29. The Morgan fingerprint density at radius 1 is 1.16 bits per heavy atom. The Kier molecular flexibility index (Phi) is 2.70. The lowest BCUT2D eigenvalue weighted by Gasteiger charge is -2.50. The minimum atomic E-state index is -0.753. The predicted octanol–water partition coefficient (Wildman–Crippen LogP) is 3.16. The van der Waals surface area contributed by atoms with E-state index in [0.717, 1.165) is 32.5 Å². The summed E-state index contributed by atoms with van der Waals surface area (Å²) in [6.07, 6.45) is 7.63. The summed E-state index contributed by atoms with van der Waals surface area (Å²) in [5, 5.41) is 3.07. The highest BCUT2D eigenvalue weighted by molar-refractivity contribution is 6.23. The van der Waals surface area contributed by atoms with Gasteiger partial charge in [-0.1, -0.05) is 18.2 Å². The molecule has 5 nitrogen and oxygen atoms in total. The Bertz CT molecular complexity index is 988. The topological polar surface area (TPSA) is 52.7 Å². The molecule has 3 aliphatic heterocycles. The van der Waals surface area contributed by atoms with Crippen LogP contribution in [0, 0.1) is 0 Å². The van der Waals surface area contributed by atoms with Crippen LogP contribution in [0.1, 0.15) is 12.5 Å². The average molecular weight is 352 g/mol. The van der Waals surface area contributed by atoms with Crippen molar-refractivity contribution in [2.45, 2.75) is 19.0 Å². The van der Waals surface area contributed by atoms with Gasteiger partial charge in [0, 0.05) is 41.2 Å². The third kappa shape index (κ3) is 1.73. The minimum Gasteiger partial charge on any atom is -0.313 e. The molecule has 0 saturated carbocycles. The van der Waals surface area contributed by atoms with Gasteiger partial charge in [-0.2, -0.15) is 0 Å². The summed E-state index contributed by atoms with van der Waals surface area (Å²) in [7, 11) is 0. The molecule has 0 aromatic heterocycles. The van der Waals surface area contributed by atoms with Crippen LogP contribution in [0.5, 0.6) is 0 Å². The van der Waals surface area contributed by atoms with E-state index in [-0.39, 0.29) is 11.8 Å². The van der Waals surface area contributed by atoms with E-state index in [1.54, 1.807) is 12.2 Å². The molecule has 2 amide bonds. The van der Waals surface area contributed by atoms with Crippen molar-refractivity contribution in [3.63, 3.8) is 0 Å². The standard InChI is InChI=1S/C19H14ClN3O2/c1-11-15-8-12-6-7-14(24)9-17(12)22-16-5-3-2-4-13(16)10-19(15,22)21-18(25)23(11)20/h2-9H,10H2,1H3,(H,21,25). The molecular formula is C19H14ClN3O2. The summed E-state index contributed by atoms with van der Waals surface area (Å²) < 4.78 is 1.12. The second-order valence-corrected chi connectivity index (χ2v) is 6.91. The molecule has 124 valence electrons. The summed E-state index contributed by atoms with van der Waals surface area (Å²) in [6.45, 7) is 1.84. The van der Waals surface area contributed by atoms with Crippen molar-refractivity contribution < 1.29 is 9.59 Å². The van der Waals surface area contributed by atoms with Gasteiger partial charge >= 0.3 is 6.03 Å². The highest BCUT2D eigenvalue weighted by atomic mass is 35.5. The lowest BCUT2D eigenvalue weighted by molar-refractivity contribution is -0.110. The molecule has 1 aromatic carbocycles. The Balaban J connectivity index is 1.86. The van der Waals surface area contributed by atoms with Crippen molar-refractivity contribution in [3.05, 3.63) is 76.7 Å². The molecule has 1 aromatic rings. The van der Waals surface area contributed by atoms with Crippen LogP contribution in [0.4, 0.5) is 10.5 Å². The number of anilines is 1. The van der Waals surface area contributed by atoms with Crippen LogP contribution in [0.25, 0.3) is 0 Å². The van der Waals surface area contributed by atoms with Crippen molar-refractivity contribution in [1.29, 1.82) is 0 Å². The summed E-state index contributed by atoms with van der Waals surface area (Å²) in [5.74, 6) is -0.0584. The summed E-state index contributed by atoms with van der Waals surface area (Å²) >= 11 is 6.16. The van der Waals surface area contributed by atoms with E-state index in [4.69, 9.17) is 11.8 Å². The van der Waals surface area contributed by atoms with E-state index < -0.39 is 5.66 Å². The SMILES string of the molecule is CC1=C2C=C3C=CC(=O)C=C3N3c4ccccc4CC23NC(=O)N1Cl. The molecule has 1 spiro atoms. The monoisotopic (exact) mass is 351 g/mol. The largest absolute Gasteiger partial charge is 0.338 e. The van der Waals surface area contributed by atoms with Crippen LogP contribution in [0.2, 0.25) is 0 Å². The normalized spacial score (nSPS) is 26.5. The first-order valence-electron chi connectivity index (χ1n) is 8.05. The van der Waals surface area contributed by atoms with Crippen LogP contribution in [-0.2, 0) is 11.2 Å². The Hall–Kier alpha value is -2.79. The molecule has 0 radical (unpaired) electrons. The number of carbonyl (C=O) groups is 2. The number of carbonyl (C=O) groups excluding carboxylic acids is 2. The van der Waals surface area contributed by atoms with Gasteiger partial charge in [0.2, 0.25) is 0 Å². The zero-order valence-electron chi connectivity index (χ0n) is 13.4. The highest BCUT2D eigenvalue weighted by Gasteiger charge is 2.55. The number of ketones is 1. The van der Waals surface area contributed by atoms with Gasteiger partial charge in [0.15, 0.2) is 11.4 Å². The smallest absolute Gasteiger partial charge is 0.313 e. The van der Waals surface area contributed by atoms with Crippen molar-refractivity contribution in [2.75, 3.05) is 4.90 Å². The number of benzene rings is 1. The van der Waals surface area contributed by atoms with Gasteiger partial charge in [0.05, 0.1) is 5.70 Å². The number of fused-ring (bicyclic) bond motifs is 4. The van der Waals surface area contributed by atoms with Gasteiger partial charge in [-0.3, -0.25) is 4.79 Å². The number of hydrogen-bond acceptors (Lipinski definition) is 3. The Morgan fingerprint density at radius 2 is 1.96 bits per heavy atom. The first-order chi connectivity index (χ1) is 12.0. The van der Waals surface area contributed by atoms with E-state index in [9.17, 15) is 9.59 Å². The van der Waals surface area contributed by atoms with E-state index in [0.29, 0.717) is 12.1 Å². The number of amides is 2. The molecule has 1 aliphatic carbocycles. The molecule has 25 heavy (non-hydrogen) atoms. The van der Waals surface area contributed by atoms with Crippen LogP contribution in [0.15, 0.2) is 71.1 Å². The fourth-order valence-electron chi connectivity index (χ4n) is 4.16. The summed E-state index contributed by atoms with van der Waals surface area (Å²) in [5.41, 5.74) is 4.73. The molecule has 1 N–H and O–H groups in total. The molecule has 4 aliphatic rings. The van der Waals surface area contributed by atoms with E-state index >= 15 is 0 Å². The number of para-hydroxylation sites is 1.